The number of halogens is 1. The zero-order valence-electron chi connectivity index (χ0n) is 12.0. The normalized spacial score (nSPS) is 10.7. The first-order valence-electron chi connectivity index (χ1n) is 6.26. The Bertz CT molecular complexity index is 618. The first kappa shape index (κ1) is 14.5. The summed E-state index contributed by atoms with van der Waals surface area (Å²) in [5.74, 6) is 1.75. The zero-order chi connectivity index (χ0) is 14.9. The van der Waals surface area contributed by atoms with Gasteiger partial charge in [-0.25, -0.2) is 0 Å². The molecule has 1 heterocycles. The number of aromatic nitrogens is 2. The number of methoxy groups -OCH3 is 2. The van der Waals surface area contributed by atoms with Crippen molar-refractivity contribution >= 4 is 17.4 Å². The molecular formula is C14H18ClN3O2. The van der Waals surface area contributed by atoms with Crippen molar-refractivity contribution in [3.05, 3.63) is 22.7 Å². The van der Waals surface area contributed by atoms with Crippen molar-refractivity contribution < 1.29 is 9.47 Å². The summed E-state index contributed by atoms with van der Waals surface area (Å²) in [6, 6.07) is 3.77. The minimum Gasteiger partial charge on any atom is -0.495 e. The van der Waals surface area contributed by atoms with Crippen LogP contribution in [0.2, 0.25) is 5.02 Å². The van der Waals surface area contributed by atoms with E-state index in [2.05, 4.69) is 5.10 Å². The molecule has 0 unspecified atom stereocenters. The standard InChI is InChI=1S/C14H18ClN3O2/c1-5-8-6-9(10-7-11(16)18(2)17-10)14(20-4)12(15)13(8)19-3/h6-7H,5,16H2,1-4H3. The first-order chi connectivity index (χ1) is 9.53. The Morgan fingerprint density at radius 3 is 2.35 bits per heavy atom. The van der Waals surface area contributed by atoms with Crippen LogP contribution in [0.3, 0.4) is 0 Å². The van der Waals surface area contributed by atoms with E-state index in [0.717, 1.165) is 23.2 Å². The number of nitrogens with zero attached hydrogens (tertiary/aromatic N) is 2. The minimum atomic E-state index is 0.452. The second-order valence-corrected chi connectivity index (χ2v) is 4.77. The molecule has 2 rings (SSSR count). The fourth-order valence-electron chi connectivity index (χ4n) is 2.15. The monoisotopic (exact) mass is 295 g/mol. The van der Waals surface area contributed by atoms with Crippen LogP contribution in [0.25, 0.3) is 11.3 Å². The van der Waals surface area contributed by atoms with Crippen LogP contribution < -0.4 is 15.2 Å². The highest BCUT2D eigenvalue weighted by Gasteiger charge is 2.20. The molecule has 0 radical (unpaired) electrons. The number of nitrogens with two attached hydrogens (primary N) is 1. The Morgan fingerprint density at radius 2 is 1.90 bits per heavy atom. The third-order valence-corrected chi connectivity index (χ3v) is 3.58. The molecule has 0 fully saturated rings. The number of anilines is 1. The molecular weight excluding hydrogens is 278 g/mol. The molecule has 2 aromatic rings. The van der Waals surface area contributed by atoms with Gasteiger partial charge in [0.2, 0.25) is 0 Å². The predicted molar refractivity (Wildman–Crippen MR) is 80.5 cm³/mol. The molecule has 0 aliphatic heterocycles. The largest absolute Gasteiger partial charge is 0.495 e. The summed E-state index contributed by atoms with van der Waals surface area (Å²) in [5, 5.41) is 4.83. The zero-order valence-corrected chi connectivity index (χ0v) is 12.8. The van der Waals surface area contributed by atoms with Gasteiger partial charge in [-0.3, -0.25) is 4.68 Å². The van der Waals surface area contributed by atoms with Crippen LogP contribution in [0.15, 0.2) is 12.1 Å². The molecule has 0 atom stereocenters. The van der Waals surface area contributed by atoms with E-state index in [9.17, 15) is 0 Å². The van der Waals surface area contributed by atoms with Crippen molar-refractivity contribution in [2.24, 2.45) is 7.05 Å². The smallest absolute Gasteiger partial charge is 0.150 e. The molecule has 0 bridgehead atoms. The van der Waals surface area contributed by atoms with Crippen LogP contribution in [0, 0.1) is 0 Å². The molecule has 108 valence electrons. The van der Waals surface area contributed by atoms with Crippen molar-refractivity contribution in [1.82, 2.24) is 9.78 Å². The van der Waals surface area contributed by atoms with Gasteiger partial charge in [0.1, 0.15) is 16.6 Å². The summed E-state index contributed by atoms with van der Waals surface area (Å²) in [7, 11) is 4.96. The number of benzene rings is 1. The van der Waals surface area contributed by atoms with E-state index in [4.69, 9.17) is 26.8 Å². The highest BCUT2D eigenvalue weighted by Crippen LogP contribution is 2.44. The topological polar surface area (TPSA) is 62.3 Å². The van der Waals surface area contributed by atoms with Crippen LogP contribution in [0.1, 0.15) is 12.5 Å². The number of rotatable bonds is 4. The Hall–Kier alpha value is -1.88. The summed E-state index contributed by atoms with van der Waals surface area (Å²) < 4.78 is 12.4. The maximum Gasteiger partial charge on any atom is 0.150 e. The van der Waals surface area contributed by atoms with Crippen LogP contribution in [-0.2, 0) is 13.5 Å². The molecule has 1 aromatic heterocycles. The van der Waals surface area contributed by atoms with E-state index in [0.29, 0.717) is 22.3 Å². The lowest BCUT2D eigenvalue weighted by Gasteiger charge is -2.15. The molecule has 0 spiro atoms. The quantitative estimate of drug-likeness (QED) is 0.942. The lowest BCUT2D eigenvalue weighted by molar-refractivity contribution is 0.392. The van der Waals surface area contributed by atoms with Crippen molar-refractivity contribution in [2.45, 2.75) is 13.3 Å². The number of ether oxygens (including phenoxy) is 2. The second kappa shape index (κ2) is 5.63. The van der Waals surface area contributed by atoms with Gasteiger partial charge in [0, 0.05) is 18.7 Å². The van der Waals surface area contributed by atoms with Crippen LogP contribution >= 0.6 is 11.6 Å². The number of hydrogen-bond donors (Lipinski definition) is 1. The van der Waals surface area contributed by atoms with Crippen LogP contribution in [0.5, 0.6) is 11.5 Å². The highest BCUT2D eigenvalue weighted by molar-refractivity contribution is 6.34. The van der Waals surface area contributed by atoms with E-state index < -0.39 is 0 Å². The lowest BCUT2D eigenvalue weighted by atomic mass is 10.0. The molecule has 6 heteroatoms. The third kappa shape index (κ3) is 2.29. The van der Waals surface area contributed by atoms with E-state index in [1.54, 1.807) is 32.0 Å². The van der Waals surface area contributed by atoms with Gasteiger partial charge in [0.05, 0.1) is 19.9 Å². The second-order valence-electron chi connectivity index (χ2n) is 4.40. The Kier molecular flexibility index (Phi) is 4.09. The van der Waals surface area contributed by atoms with Gasteiger partial charge >= 0.3 is 0 Å². The SMILES string of the molecule is CCc1cc(-c2cc(N)n(C)n2)c(OC)c(Cl)c1OC. The molecule has 1 aromatic carbocycles. The fourth-order valence-corrected chi connectivity index (χ4v) is 2.53. The van der Waals surface area contributed by atoms with E-state index in [1.807, 2.05) is 13.0 Å². The molecule has 0 saturated carbocycles. The first-order valence-corrected chi connectivity index (χ1v) is 6.64. The van der Waals surface area contributed by atoms with Crippen molar-refractivity contribution in [3.8, 4) is 22.8 Å². The van der Waals surface area contributed by atoms with Crippen molar-refractivity contribution in [2.75, 3.05) is 20.0 Å². The average Bonchev–Trinajstić information content (AvgIpc) is 2.77. The number of hydrogen-bond acceptors (Lipinski definition) is 4. The maximum atomic E-state index is 6.38. The summed E-state index contributed by atoms with van der Waals surface area (Å²) in [6.45, 7) is 2.04. The van der Waals surface area contributed by atoms with Crippen LogP contribution in [0.4, 0.5) is 5.82 Å². The maximum absolute atomic E-state index is 6.38. The fraction of sp³-hybridized carbons (Fsp3) is 0.357. The van der Waals surface area contributed by atoms with Gasteiger partial charge in [0.15, 0.2) is 5.75 Å². The Morgan fingerprint density at radius 1 is 1.25 bits per heavy atom. The summed E-state index contributed by atoms with van der Waals surface area (Å²) >= 11 is 6.38. The van der Waals surface area contributed by atoms with E-state index >= 15 is 0 Å². The molecule has 20 heavy (non-hydrogen) atoms. The van der Waals surface area contributed by atoms with Gasteiger partial charge in [0.25, 0.3) is 0 Å². The molecule has 0 aliphatic carbocycles. The number of aryl methyl sites for hydroxylation is 2. The molecule has 0 amide bonds. The van der Waals surface area contributed by atoms with E-state index in [-0.39, 0.29) is 0 Å². The molecule has 2 N–H and O–H groups in total. The van der Waals surface area contributed by atoms with Crippen LogP contribution in [-0.4, -0.2) is 24.0 Å². The minimum absolute atomic E-state index is 0.452. The lowest BCUT2D eigenvalue weighted by Crippen LogP contribution is -1.99. The Labute approximate surface area is 123 Å². The average molecular weight is 296 g/mol. The van der Waals surface area contributed by atoms with Crippen molar-refractivity contribution in [1.29, 1.82) is 0 Å². The summed E-state index contributed by atoms with van der Waals surface area (Å²) in [5.41, 5.74) is 8.36. The van der Waals surface area contributed by atoms with Gasteiger partial charge in [-0.05, 0) is 18.1 Å². The molecule has 0 aliphatic rings. The number of nitrogen functional groups attached to an aromatic ring is 1. The van der Waals surface area contributed by atoms with Gasteiger partial charge < -0.3 is 15.2 Å². The van der Waals surface area contributed by atoms with Gasteiger partial charge in [-0.15, -0.1) is 0 Å². The third-order valence-electron chi connectivity index (χ3n) is 3.23. The summed E-state index contributed by atoms with van der Waals surface area (Å²) in [6.07, 6.45) is 0.794. The molecule has 5 nitrogen and oxygen atoms in total. The van der Waals surface area contributed by atoms with Gasteiger partial charge in [-0.2, -0.15) is 5.10 Å². The molecule has 0 saturated heterocycles. The summed E-state index contributed by atoms with van der Waals surface area (Å²) in [4.78, 5) is 0. The Balaban J connectivity index is 2.71. The predicted octanol–water partition coefficient (Wildman–Crippen LogP) is 2.90. The van der Waals surface area contributed by atoms with E-state index in [1.165, 1.54) is 0 Å². The van der Waals surface area contributed by atoms with Gasteiger partial charge in [-0.1, -0.05) is 18.5 Å². The highest BCUT2D eigenvalue weighted by atomic mass is 35.5. The van der Waals surface area contributed by atoms with Crippen molar-refractivity contribution in [3.63, 3.8) is 0 Å².